The van der Waals surface area contributed by atoms with Gasteiger partial charge in [0.25, 0.3) is 0 Å². The van der Waals surface area contributed by atoms with Gasteiger partial charge in [-0.15, -0.1) is 0 Å². The summed E-state index contributed by atoms with van der Waals surface area (Å²) < 4.78 is 1.92. The molecule has 0 aliphatic rings. The van der Waals surface area contributed by atoms with Gasteiger partial charge in [0.05, 0.1) is 5.54 Å². The van der Waals surface area contributed by atoms with Gasteiger partial charge in [-0.1, -0.05) is 13.8 Å². The maximum Gasteiger partial charge on any atom is 0.150 e. The van der Waals surface area contributed by atoms with Crippen molar-refractivity contribution in [2.75, 3.05) is 0 Å². The third-order valence-corrected chi connectivity index (χ3v) is 1.82. The van der Waals surface area contributed by atoms with Crippen molar-refractivity contribution < 1.29 is 0 Å². The van der Waals surface area contributed by atoms with Crippen LogP contribution in [0, 0.1) is 5.92 Å². The molecule has 0 N–H and O–H groups in total. The first-order chi connectivity index (χ1) is 5.89. The van der Waals surface area contributed by atoms with Gasteiger partial charge in [-0.2, -0.15) is 5.10 Å². The molecule has 0 aliphatic heterocycles. The lowest BCUT2D eigenvalue weighted by Gasteiger charge is -2.17. The Morgan fingerprint density at radius 1 is 1.38 bits per heavy atom. The minimum atomic E-state index is 0.0439. The maximum atomic E-state index is 4.43. The van der Waals surface area contributed by atoms with Crippen LogP contribution in [-0.4, -0.2) is 14.8 Å². The Balaban J connectivity index is 2.75. The maximum absolute atomic E-state index is 4.43. The lowest BCUT2D eigenvalue weighted by molar-refractivity contribution is 0.351. The minimum Gasteiger partial charge on any atom is -0.247 e. The van der Waals surface area contributed by atoms with E-state index in [4.69, 9.17) is 0 Å². The summed E-state index contributed by atoms with van der Waals surface area (Å²) in [6, 6.07) is 0. The van der Waals surface area contributed by atoms with Crippen molar-refractivity contribution in [3.63, 3.8) is 0 Å². The van der Waals surface area contributed by atoms with Crippen LogP contribution in [-0.2, 0) is 12.0 Å². The van der Waals surface area contributed by atoms with Crippen LogP contribution in [0.1, 0.15) is 40.4 Å². The van der Waals surface area contributed by atoms with Crippen LogP contribution in [0.3, 0.4) is 0 Å². The van der Waals surface area contributed by atoms with Crippen LogP contribution >= 0.6 is 0 Å². The van der Waals surface area contributed by atoms with Crippen LogP contribution in [0.25, 0.3) is 0 Å². The molecular formula is C10H19N3. The van der Waals surface area contributed by atoms with Gasteiger partial charge in [0, 0.05) is 6.42 Å². The Labute approximate surface area is 80.2 Å². The van der Waals surface area contributed by atoms with Crippen molar-refractivity contribution in [2.24, 2.45) is 5.92 Å². The Morgan fingerprint density at radius 3 is 2.38 bits per heavy atom. The SMILES string of the molecule is CC(C)Cc1ncn(C(C)(C)C)n1. The molecule has 13 heavy (non-hydrogen) atoms. The fourth-order valence-electron chi connectivity index (χ4n) is 1.08. The summed E-state index contributed by atoms with van der Waals surface area (Å²) in [6.07, 6.45) is 2.78. The lowest BCUT2D eigenvalue weighted by Crippen LogP contribution is -2.22. The molecule has 1 aromatic heterocycles. The smallest absolute Gasteiger partial charge is 0.150 e. The molecule has 0 atom stereocenters. The van der Waals surface area contributed by atoms with Crippen LogP contribution < -0.4 is 0 Å². The number of hydrogen-bond acceptors (Lipinski definition) is 2. The van der Waals surface area contributed by atoms with Gasteiger partial charge in [0.1, 0.15) is 6.33 Å². The van der Waals surface area contributed by atoms with E-state index >= 15 is 0 Å². The van der Waals surface area contributed by atoms with Crippen LogP contribution in [0.4, 0.5) is 0 Å². The Morgan fingerprint density at radius 2 is 2.00 bits per heavy atom. The van der Waals surface area contributed by atoms with E-state index in [0.29, 0.717) is 5.92 Å². The van der Waals surface area contributed by atoms with E-state index in [1.165, 1.54) is 0 Å². The molecule has 0 aliphatic carbocycles. The second kappa shape index (κ2) is 3.48. The molecule has 0 amide bonds. The topological polar surface area (TPSA) is 30.7 Å². The van der Waals surface area contributed by atoms with Crippen molar-refractivity contribution in [2.45, 2.75) is 46.6 Å². The van der Waals surface area contributed by atoms with Crippen LogP contribution in [0.2, 0.25) is 0 Å². The number of hydrogen-bond donors (Lipinski definition) is 0. The van der Waals surface area contributed by atoms with E-state index in [1.54, 1.807) is 0 Å². The first-order valence-electron chi connectivity index (χ1n) is 4.80. The van der Waals surface area contributed by atoms with Gasteiger partial charge in [-0.25, -0.2) is 9.67 Å². The molecular weight excluding hydrogens is 162 g/mol. The van der Waals surface area contributed by atoms with Gasteiger partial charge in [-0.05, 0) is 26.7 Å². The summed E-state index contributed by atoms with van der Waals surface area (Å²) in [5.41, 5.74) is 0.0439. The molecule has 1 rings (SSSR count). The summed E-state index contributed by atoms with van der Waals surface area (Å²) in [7, 11) is 0. The highest BCUT2D eigenvalue weighted by Gasteiger charge is 2.14. The van der Waals surface area contributed by atoms with Crippen LogP contribution in [0.5, 0.6) is 0 Å². The predicted molar refractivity (Wildman–Crippen MR) is 53.6 cm³/mol. The normalized spacial score (nSPS) is 12.5. The van der Waals surface area contributed by atoms with Crippen LogP contribution in [0.15, 0.2) is 6.33 Å². The highest BCUT2D eigenvalue weighted by Crippen LogP contribution is 2.12. The highest BCUT2D eigenvalue weighted by molar-refractivity contribution is 4.86. The van der Waals surface area contributed by atoms with Gasteiger partial charge in [0.15, 0.2) is 5.82 Å². The minimum absolute atomic E-state index is 0.0439. The van der Waals surface area contributed by atoms with Crippen molar-refractivity contribution in [1.29, 1.82) is 0 Å². The number of aromatic nitrogens is 3. The quantitative estimate of drug-likeness (QED) is 0.700. The number of nitrogens with zero attached hydrogens (tertiary/aromatic N) is 3. The molecule has 0 bridgehead atoms. The first-order valence-corrected chi connectivity index (χ1v) is 4.80. The molecule has 3 nitrogen and oxygen atoms in total. The lowest BCUT2D eigenvalue weighted by atomic mass is 10.1. The van der Waals surface area contributed by atoms with Gasteiger partial charge in [-0.3, -0.25) is 0 Å². The van der Waals surface area contributed by atoms with E-state index in [-0.39, 0.29) is 5.54 Å². The zero-order chi connectivity index (χ0) is 10.1. The second-order valence-electron chi connectivity index (χ2n) is 4.87. The largest absolute Gasteiger partial charge is 0.247 e. The molecule has 74 valence electrons. The molecule has 1 heterocycles. The average Bonchev–Trinajstić information content (AvgIpc) is 2.32. The van der Waals surface area contributed by atoms with E-state index in [1.807, 2.05) is 11.0 Å². The first kappa shape index (κ1) is 10.2. The zero-order valence-corrected chi connectivity index (χ0v) is 9.20. The van der Waals surface area contributed by atoms with Gasteiger partial charge >= 0.3 is 0 Å². The molecule has 0 spiro atoms. The third kappa shape index (κ3) is 2.83. The Hall–Kier alpha value is -0.860. The molecule has 0 saturated carbocycles. The van der Waals surface area contributed by atoms with E-state index < -0.39 is 0 Å². The second-order valence-corrected chi connectivity index (χ2v) is 4.87. The van der Waals surface area contributed by atoms with E-state index in [2.05, 4.69) is 44.7 Å². The fourth-order valence-corrected chi connectivity index (χ4v) is 1.08. The van der Waals surface area contributed by atoms with Crippen molar-refractivity contribution in [3.8, 4) is 0 Å². The van der Waals surface area contributed by atoms with Gasteiger partial charge in [0.2, 0.25) is 0 Å². The zero-order valence-electron chi connectivity index (χ0n) is 9.20. The summed E-state index contributed by atoms with van der Waals surface area (Å²) >= 11 is 0. The molecule has 0 unspecified atom stereocenters. The van der Waals surface area contributed by atoms with Gasteiger partial charge < -0.3 is 0 Å². The van der Waals surface area contributed by atoms with E-state index in [9.17, 15) is 0 Å². The molecule has 0 fully saturated rings. The summed E-state index contributed by atoms with van der Waals surface area (Å²) in [5.74, 6) is 1.57. The molecule has 0 saturated heterocycles. The number of rotatable bonds is 2. The monoisotopic (exact) mass is 181 g/mol. The van der Waals surface area contributed by atoms with Crippen molar-refractivity contribution in [3.05, 3.63) is 12.2 Å². The molecule has 0 radical (unpaired) electrons. The molecule has 0 aromatic carbocycles. The van der Waals surface area contributed by atoms with Crippen molar-refractivity contribution >= 4 is 0 Å². The molecule has 1 aromatic rings. The Kier molecular flexibility index (Phi) is 2.74. The highest BCUT2D eigenvalue weighted by atomic mass is 15.4. The summed E-state index contributed by atoms with van der Waals surface area (Å²) in [4.78, 5) is 4.27. The van der Waals surface area contributed by atoms with Crippen molar-refractivity contribution in [1.82, 2.24) is 14.8 Å². The summed E-state index contributed by atoms with van der Waals surface area (Å²) in [5, 5.41) is 4.43. The fraction of sp³-hybridized carbons (Fsp3) is 0.800. The average molecular weight is 181 g/mol. The third-order valence-electron chi connectivity index (χ3n) is 1.82. The Bertz CT molecular complexity index is 268. The summed E-state index contributed by atoms with van der Waals surface area (Å²) in [6.45, 7) is 10.7. The standard InChI is InChI=1S/C10H19N3/c1-8(2)6-9-11-7-13(12-9)10(3,4)5/h7-8H,6H2,1-5H3. The molecule has 3 heteroatoms. The van der Waals surface area contributed by atoms with E-state index in [0.717, 1.165) is 12.2 Å². The predicted octanol–water partition coefficient (Wildman–Crippen LogP) is 2.23.